The summed E-state index contributed by atoms with van der Waals surface area (Å²) >= 11 is 7.75. The third kappa shape index (κ3) is 5.54. The van der Waals surface area contributed by atoms with Gasteiger partial charge in [-0.1, -0.05) is 0 Å². The van der Waals surface area contributed by atoms with E-state index in [1.807, 2.05) is 90.4 Å². The van der Waals surface area contributed by atoms with Crippen LogP contribution in [0.25, 0.3) is 0 Å². The maximum atomic E-state index is 12.2. The number of carbonyl (C=O) groups is 2. The molecule has 2 rings (SSSR count). The Kier molecular flexibility index (Phi) is 8.17. The number of ether oxygens (including phenoxy) is 1. The maximum absolute atomic E-state index is 12.2. The highest BCUT2D eigenvalue weighted by Crippen LogP contribution is 2.29. The molecule has 1 atom stereocenters. The molecule has 0 unspecified atom stereocenters. The monoisotopic (exact) mass is 805 g/mol. The fourth-order valence-electron chi connectivity index (χ4n) is 1.98. The Morgan fingerprint density at radius 1 is 0.923 bits per heavy atom. The molecule has 4 N–H and O–H groups in total. The summed E-state index contributed by atoms with van der Waals surface area (Å²) in [4.78, 5) is 24.3. The molecule has 0 spiro atoms. The average Bonchev–Trinajstić information content (AvgIpc) is 2.56. The molecule has 10 heteroatoms. The number of nitrogens with two attached hydrogens (primary N) is 1. The van der Waals surface area contributed by atoms with Crippen molar-refractivity contribution in [2.24, 2.45) is 5.73 Å². The predicted molar refractivity (Wildman–Crippen MR) is 129 cm³/mol. The van der Waals surface area contributed by atoms with Gasteiger partial charge >= 0.3 is 11.9 Å². The number of hydrogen-bond donors (Lipinski definition) is 3. The van der Waals surface area contributed by atoms with Crippen LogP contribution in [0.1, 0.15) is 15.9 Å². The Morgan fingerprint density at radius 2 is 1.35 bits per heavy atom. The summed E-state index contributed by atoms with van der Waals surface area (Å²) in [5.74, 6) is -1.41. The zero-order valence-electron chi connectivity index (χ0n) is 12.8. The minimum atomic E-state index is -1.02. The van der Waals surface area contributed by atoms with Gasteiger partial charge in [-0.3, -0.25) is 0 Å². The quantitative estimate of drug-likeness (QED) is 0.247. The average molecular weight is 805 g/mol. The van der Waals surface area contributed by atoms with Crippen LogP contribution in [0.5, 0.6) is 11.5 Å². The van der Waals surface area contributed by atoms with Gasteiger partial charge in [-0.15, -0.1) is 0 Å². The first-order valence-electron chi connectivity index (χ1n) is 6.96. The van der Waals surface area contributed by atoms with Gasteiger partial charge in [-0.2, -0.15) is 0 Å². The summed E-state index contributed by atoms with van der Waals surface area (Å²) in [6.45, 7) is 0. The highest BCUT2D eigenvalue weighted by molar-refractivity contribution is 14.1. The van der Waals surface area contributed by atoms with E-state index in [0.29, 0.717) is 14.3 Å². The van der Waals surface area contributed by atoms with E-state index in [1.54, 1.807) is 12.1 Å². The lowest BCUT2D eigenvalue weighted by molar-refractivity contribution is -0.139. The molecule has 0 saturated heterocycles. The molecule has 0 aliphatic rings. The molecule has 26 heavy (non-hydrogen) atoms. The second kappa shape index (κ2) is 9.51. The summed E-state index contributed by atoms with van der Waals surface area (Å²) in [5.41, 5.74) is 6.77. The third-order valence-electron chi connectivity index (χ3n) is 3.28. The van der Waals surface area contributed by atoms with E-state index in [1.165, 1.54) is 12.1 Å². The second-order valence-electron chi connectivity index (χ2n) is 5.22. The standard InChI is InChI=1S/C16H11I4NO5/c17-8-1-6(2-9(18)13(8)22)3-12(21)16(25)26-15(24)7-4-10(19)14(23)11(20)5-7/h1-2,4-5,12,22-23H,3,21H2/t12-/m0/s1. The Morgan fingerprint density at radius 3 is 1.81 bits per heavy atom. The van der Waals surface area contributed by atoms with E-state index in [4.69, 9.17) is 10.5 Å². The highest BCUT2D eigenvalue weighted by Gasteiger charge is 2.22. The fraction of sp³-hybridized carbons (Fsp3) is 0.125. The largest absolute Gasteiger partial charge is 0.506 e. The molecule has 0 radical (unpaired) electrons. The number of halogens is 4. The van der Waals surface area contributed by atoms with Crippen LogP contribution in [0.15, 0.2) is 24.3 Å². The number of esters is 2. The maximum Gasteiger partial charge on any atom is 0.345 e. The van der Waals surface area contributed by atoms with E-state index < -0.39 is 18.0 Å². The third-order valence-corrected chi connectivity index (χ3v) is 6.57. The van der Waals surface area contributed by atoms with Crippen molar-refractivity contribution in [2.45, 2.75) is 12.5 Å². The lowest BCUT2D eigenvalue weighted by Crippen LogP contribution is -2.35. The molecule has 0 fully saturated rings. The molecule has 0 aromatic heterocycles. The van der Waals surface area contributed by atoms with Crippen LogP contribution in [-0.4, -0.2) is 28.2 Å². The summed E-state index contributed by atoms with van der Waals surface area (Å²) in [6, 6.07) is 5.29. The predicted octanol–water partition coefficient (Wildman–Crippen LogP) is 3.77. The van der Waals surface area contributed by atoms with Gasteiger partial charge in [0.15, 0.2) is 0 Å². The zero-order chi connectivity index (χ0) is 19.6. The van der Waals surface area contributed by atoms with Crippen molar-refractivity contribution >= 4 is 102 Å². The lowest BCUT2D eigenvalue weighted by Gasteiger charge is -2.12. The molecule has 2 aromatic rings. The Bertz CT molecular complexity index is 841. The van der Waals surface area contributed by atoms with Crippen molar-refractivity contribution in [3.63, 3.8) is 0 Å². The fourth-order valence-corrected chi connectivity index (χ4v) is 5.65. The SMILES string of the molecule is N[C@@H](Cc1cc(I)c(O)c(I)c1)C(=O)OC(=O)c1cc(I)c(O)c(I)c1. The van der Waals surface area contributed by atoms with Crippen molar-refractivity contribution in [2.75, 3.05) is 0 Å². The van der Waals surface area contributed by atoms with Crippen LogP contribution in [0, 0.1) is 14.3 Å². The van der Waals surface area contributed by atoms with E-state index in [-0.39, 0.29) is 23.5 Å². The molecule has 0 heterocycles. The number of rotatable bonds is 4. The number of phenols is 2. The number of hydrogen-bond acceptors (Lipinski definition) is 6. The van der Waals surface area contributed by atoms with Gasteiger partial charge in [0.05, 0.1) is 19.8 Å². The molecular formula is C16H11I4NO5. The second-order valence-corrected chi connectivity index (χ2v) is 9.86. The normalized spacial score (nSPS) is 11.9. The van der Waals surface area contributed by atoms with Crippen molar-refractivity contribution in [1.82, 2.24) is 0 Å². The van der Waals surface area contributed by atoms with Gasteiger partial charge in [0.1, 0.15) is 17.5 Å². The van der Waals surface area contributed by atoms with Crippen LogP contribution in [0.4, 0.5) is 0 Å². The smallest absolute Gasteiger partial charge is 0.345 e. The molecule has 0 aliphatic carbocycles. The molecular weight excluding hydrogens is 794 g/mol. The molecule has 0 bridgehead atoms. The van der Waals surface area contributed by atoms with Crippen molar-refractivity contribution in [1.29, 1.82) is 0 Å². The van der Waals surface area contributed by atoms with Crippen LogP contribution < -0.4 is 5.73 Å². The number of benzene rings is 2. The summed E-state index contributed by atoms with van der Waals surface area (Å²) in [6.07, 6.45) is 0.170. The van der Waals surface area contributed by atoms with Crippen LogP contribution in [-0.2, 0) is 16.0 Å². The van der Waals surface area contributed by atoms with Gasteiger partial charge in [0, 0.05) is 0 Å². The van der Waals surface area contributed by atoms with Gasteiger partial charge in [-0.25, -0.2) is 9.59 Å². The van der Waals surface area contributed by atoms with Crippen LogP contribution in [0.3, 0.4) is 0 Å². The van der Waals surface area contributed by atoms with Crippen molar-refractivity contribution in [3.05, 3.63) is 49.7 Å². The first-order valence-corrected chi connectivity index (χ1v) is 11.3. The molecule has 138 valence electrons. The summed E-state index contributed by atoms with van der Waals surface area (Å²) in [7, 11) is 0. The Balaban J connectivity index is 2.08. The van der Waals surface area contributed by atoms with E-state index >= 15 is 0 Å². The zero-order valence-corrected chi connectivity index (χ0v) is 21.4. The first kappa shape index (κ1) is 22.4. The van der Waals surface area contributed by atoms with Crippen molar-refractivity contribution < 1.29 is 24.5 Å². The summed E-state index contributed by atoms with van der Waals surface area (Å²) < 4.78 is 7.11. The molecule has 0 amide bonds. The minimum Gasteiger partial charge on any atom is -0.506 e. The first-order chi connectivity index (χ1) is 12.1. The van der Waals surface area contributed by atoms with E-state index in [9.17, 15) is 19.8 Å². The highest BCUT2D eigenvalue weighted by atomic mass is 127. The number of aromatic hydroxyl groups is 2. The van der Waals surface area contributed by atoms with Gasteiger partial charge in [0.25, 0.3) is 0 Å². The molecule has 6 nitrogen and oxygen atoms in total. The lowest BCUT2D eigenvalue weighted by atomic mass is 10.1. The van der Waals surface area contributed by atoms with E-state index in [2.05, 4.69) is 0 Å². The molecule has 0 saturated carbocycles. The van der Waals surface area contributed by atoms with Crippen LogP contribution in [0.2, 0.25) is 0 Å². The number of phenolic OH excluding ortho intramolecular Hbond substituents is 2. The topological polar surface area (TPSA) is 110 Å². The Labute approximate surface area is 203 Å². The van der Waals surface area contributed by atoms with Gasteiger partial charge in [0.2, 0.25) is 0 Å². The van der Waals surface area contributed by atoms with Gasteiger partial charge in [-0.05, 0) is 127 Å². The number of carbonyl (C=O) groups excluding carboxylic acids is 2. The summed E-state index contributed by atoms with van der Waals surface area (Å²) in [5, 5.41) is 19.5. The van der Waals surface area contributed by atoms with Crippen molar-refractivity contribution in [3.8, 4) is 11.5 Å². The molecule has 2 aromatic carbocycles. The molecule has 0 aliphatic heterocycles. The Hall–Kier alpha value is 0.0600. The van der Waals surface area contributed by atoms with E-state index in [0.717, 1.165) is 5.56 Å². The van der Waals surface area contributed by atoms with Gasteiger partial charge < -0.3 is 20.7 Å². The minimum absolute atomic E-state index is 0.0716. The van der Waals surface area contributed by atoms with Crippen LogP contribution >= 0.6 is 90.4 Å².